The molecule has 2 N–H and O–H groups in total. The van der Waals surface area contributed by atoms with Crippen LogP contribution in [0.15, 0.2) is 22.7 Å². The number of aromatic hydroxyl groups is 1. The molecule has 0 heterocycles. The largest absolute Gasteiger partial charge is 0.508 e. The molecule has 3 heteroatoms. The van der Waals surface area contributed by atoms with Crippen molar-refractivity contribution in [1.82, 2.24) is 5.32 Å². The summed E-state index contributed by atoms with van der Waals surface area (Å²) in [6.07, 6.45) is 4.10. The molecule has 1 fully saturated rings. The van der Waals surface area contributed by atoms with E-state index >= 15 is 0 Å². The van der Waals surface area contributed by atoms with Crippen molar-refractivity contribution in [1.29, 1.82) is 0 Å². The summed E-state index contributed by atoms with van der Waals surface area (Å²) < 4.78 is 1.01. The van der Waals surface area contributed by atoms with Crippen LogP contribution in [0.3, 0.4) is 0 Å². The maximum atomic E-state index is 9.61. The normalized spacial score (nSPS) is 16.3. The Hall–Kier alpha value is -0.540. The number of hydrogen-bond donors (Lipinski definition) is 2. The first-order valence-corrected chi connectivity index (χ1v) is 6.23. The van der Waals surface area contributed by atoms with Crippen molar-refractivity contribution in [2.45, 2.75) is 25.8 Å². The highest BCUT2D eigenvalue weighted by atomic mass is 79.9. The number of benzene rings is 1. The van der Waals surface area contributed by atoms with Crippen LogP contribution in [0, 0.1) is 5.92 Å². The van der Waals surface area contributed by atoms with Gasteiger partial charge in [-0.15, -0.1) is 0 Å². The van der Waals surface area contributed by atoms with Crippen molar-refractivity contribution >= 4 is 15.9 Å². The Morgan fingerprint density at radius 2 is 2.20 bits per heavy atom. The number of nitrogens with one attached hydrogen (secondary N) is 1. The topological polar surface area (TPSA) is 32.3 Å². The molecule has 0 amide bonds. The first-order chi connectivity index (χ1) is 7.25. The Balaban J connectivity index is 1.83. The Labute approximate surface area is 98.8 Å². The van der Waals surface area contributed by atoms with Crippen LogP contribution < -0.4 is 5.32 Å². The van der Waals surface area contributed by atoms with Gasteiger partial charge in [0.25, 0.3) is 0 Å². The zero-order chi connectivity index (χ0) is 10.7. The summed E-state index contributed by atoms with van der Waals surface area (Å²) in [6, 6.07) is 5.54. The molecule has 82 valence electrons. The van der Waals surface area contributed by atoms with Gasteiger partial charge in [-0.05, 0) is 43.5 Å². The Kier molecular flexibility index (Phi) is 3.65. The first kappa shape index (κ1) is 11.0. The summed E-state index contributed by atoms with van der Waals surface area (Å²) >= 11 is 3.40. The molecule has 0 radical (unpaired) electrons. The molecule has 0 aromatic heterocycles. The minimum atomic E-state index is 0.374. The third-order valence-corrected chi connectivity index (χ3v) is 3.51. The Morgan fingerprint density at radius 1 is 1.40 bits per heavy atom. The van der Waals surface area contributed by atoms with Gasteiger partial charge in [-0.1, -0.05) is 22.4 Å². The third-order valence-electron chi connectivity index (χ3n) is 3.01. The second-order valence-corrected chi connectivity index (χ2v) is 5.12. The molecule has 1 aliphatic carbocycles. The second-order valence-electron chi connectivity index (χ2n) is 4.20. The molecule has 0 unspecified atom stereocenters. The van der Waals surface area contributed by atoms with E-state index in [1.54, 1.807) is 6.07 Å². The van der Waals surface area contributed by atoms with Crippen molar-refractivity contribution in [3.8, 4) is 5.75 Å². The minimum Gasteiger partial charge on any atom is -0.508 e. The van der Waals surface area contributed by atoms with Gasteiger partial charge in [-0.25, -0.2) is 0 Å². The summed E-state index contributed by atoms with van der Waals surface area (Å²) in [7, 11) is 0. The molecule has 1 aromatic rings. The molecule has 0 atom stereocenters. The third kappa shape index (κ3) is 2.95. The lowest BCUT2D eigenvalue weighted by Crippen LogP contribution is -2.26. The molecule has 1 saturated carbocycles. The number of phenolic OH excluding ortho intramolecular Hbond substituents is 1. The lowest BCUT2D eigenvalue weighted by atomic mass is 9.85. The van der Waals surface area contributed by atoms with E-state index in [1.165, 1.54) is 19.3 Å². The van der Waals surface area contributed by atoms with Gasteiger partial charge in [0, 0.05) is 16.6 Å². The van der Waals surface area contributed by atoms with Crippen LogP contribution in [-0.4, -0.2) is 11.7 Å². The smallest absolute Gasteiger partial charge is 0.120 e. The zero-order valence-corrected chi connectivity index (χ0v) is 10.3. The minimum absolute atomic E-state index is 0.374. The van der Waals surface area contributed by atoms with E-state index in [2.05, 4.69) is 21.2 Å². The first-order valence-electron chi connectivity index (χ1n) is 5.44. The van der Waals surface area contributed by atoms with Crippen LogP contribution in [0.5, 0.6) is 5.75 Å². The summed E-state index contributed by atoms with van der Waals surface area (Å²) in [5.74, 6) is 1.23. The van der Waals surface area contributed by atoms with Crippen LogP contribution in [0.2, 0.25) is 0 Å². The van der Waals surface area contributed by atoms with Crippen LogP contribution in [0.4, 0.5) is 0 Å². The van der Waals surface area contributed by atoms with Crippen molar-refractivity contribution < 1.29 is 5.11 Å². The number of halogens is 1. The molecular weight excluding hydrogens is 254 g/mol. The molecule has 2 rings (SSSR count). The van der Waals surface area contributed by atoms with Crippen molar-refractivity contribution in [3.63, 3.8) is 0 Å². The molecule has 1 aromatic carbocycles. The molecule has 0 aliphatic heterocycles. The molecule has 0 bridgehead atoms. The molecule has 2 nitrogen and oxygen atoms in total. The van der Waals surface area contributed by atoms with Crippen LogP contribution >= 0.6 is 15.9 Å². The standard InChI is InChI=1S/C12H16BrNO/c13-11-4-5-12(15)10(6-11)8-14-7-9-2-1-3-9/h4-6,9,14-15H,1-3,7-8H2. The number of hydrogen-bond acceptors (Lipinski definition) is 2. The van der Waals surface area contributed by atoms with E-state index < -0.39 is 0 Å². The van der Waals surface area contributed by atoms with E-state index in [-0.39, 0.29) is 0 Å². The highest BCUT2D eigenvalue weighted by Gasteiger charge is 2.16. The molecule has 1 aliphatic rings. The van der Waals surface area contributed by atoms with Gasteiger partial charge in [0.15, 0.2) is 0 Å². The van der Waals surface area contributed by atoms with Crippen molar-refractivity contribution in [2.75, 3.05) is 6.54 Å². The predicted octanol–water partition coefficient (Wildman–Crippen LogP) is 3.04. The molecule has 0 spiro atoms. The predicted molar refractivity (Wildman–Crippen MR) is 64.9 cm³/mol. The van der Waals surface area contributed by atoms with Gasteiger partial charge >= 0.3 is 0 Å². The fourth-order valence-electron chi connectivity index (χ4n) is 1.80. The van der Waals surface area contributed by atoms with Crippen LogP contribution in [0.25, 0.3) is 0 Å². The average Bonchev–Trinajstić information content (AvgIpc) is 2.15. The maximum absolute atomic E-state index is 9.61. The van der Waals surface area contributed by atoms with E-state index in [4.69, 9.17) is 0 Å². The Bertz CT molecular complexity index is 336. The van der Waals surface area contributed by atoms with E-state index in [9.17, 15) is 5.11 Å². The summed E-state index contributed by atoms with van der Waals surface area (Å²) in [5.41, 5.74) is 0.962. The fourth-order valence-corrected chi connectivity index (χ4v) is 2.21. The average molecular weight is 270 g/mol. The van der Waals surface area contributed by atoms with Gasteiger partial charge in [0.1, 0.15) is 5.75 Å². The fraction of sp³-hybridized carbons (Fsp3) is 0.500. The number of rotatable bonds is 4. The highest BCUT2D eigenvalue weighted by Crippen LogP contribution is 2.26. The van der Waals surface area contributed by atoms with Gasteiger partial charge in [0.2, 0.25) is 0 Å². The molecule has 0 saturated heterocycles. The lowest BCUT2D eigenvalue weighted by molar-refractivity contribution is 0.300. The zero-order valence-electron chi connectivity index (χ0n) is 8.67. The molecular formula is C12H16BrNO. The van der Waals surface area contributed by atoms with Crippen molar-refractivity contribution in [2.24, 2.45) is 5.92 Å². The monoisotopic (exact) mass is 269 g/mol. The van der Waals surface area contributed by atoms with Gasteiger partial charge in [-0.3, -0.25) is 0 Å². The van der Waals surface area contributed by atoms with Gasteiger partial charge in [0.05, 0.1) is 0 Å². The summed E-state index contributed by atoms with van der Waals surface area (Å²) in [5, 5.41) is 13.0. The quantitative estimate of drug-likeness (QED) is 0.881. The lowest BCUT2D eigenvalue weighted by Gasteiger charge is -2.25. The summed E-state index contributed by atoms with van der Waals surface area (Å²) in [4.78, 5) is 0. The highest BCUT2D eigenvalue weighted by molar-refractivity contribution is 9.10. The van der Waals surface area contributed by atoms with Crippen LogP contribution in [0.1, 0.15) is 24.8 Å². The second kappa shape index (κ2) is 4.99. The number of phenols is 1. The van der Waals surface area contributed by atoms with Crippen LogP contribution in [-0.2, 0) is 6.54 Å². The van der Waals surface area contributed by atoms with Crippen molar-refractivity contribution in [3.05, 3.63) is 28.2 Å². The van der Waals surface area contributed by atoms with E-state index in [0.29, 0.717) is 5.75 Å². The van der Waals surface area contributed by atoms with E-state index in [1.807, 2.05) is 12.1 Å². The van der Waals surface area contributed by atoms with Gasteiger partial charge in [-0.2, -0.15) is 0 Å². The summed E-state index contributed by atoms with van der Waals surface area (Å²) in [6.45, 7) is 1.83. The van der Waals surface area contributed by atoms with Gasteiger partial charge < -0.3 is 10.4 Å². The SMILES string of the molecule is Oc1ccc(Br)cc1CNCC1CCC1. The molecule has 15 heavy (non-hydrogen) atoms. The maximum Gasteiger partial charge on any atom is 0.120 e. The Morgan fingerprint density at radius 3 is 2.87 bits per heavy atom. The van der Waals surface area contributed by atoms with E-state index in [0.717, 1.165) is 29.0 Å².